The van der Waals surface area contributed by atoms with Crippen LogP contribution in [0.1, 0.15) is 57.6 Å². The van der Waals surface area contributed by atoms with Gasteiger partial charge in [-0.25, -0.2) is 0 Å². The Morgan fingerprint density at radius 3 is 2.64 bits per heavy atom. The Kier molecular flexibility index (Phi) is 4.71. The molecule has 0 saturated carbocycles. The minimum Gasteiger partial charge on any atom is -0.366 e. The molecular formula is C20H26N2O2S. The van der Waals surface area contributed by atoms with E-state index in [0.29, 0.717) is 10.8 Å². The lowest BCUT2D eigenvalue weighted by Gasteiger charge is -2.47. The highest BCUT2D eigenvalue weighted by Gasteiger charge is 2.36. The predicted octanol–water partition coefficient (Wildman–Crippen LogP) is 4.85. The summed E-state index contributed by atoms with van der Waals surface area (Å²) in [5, 5.41) is -0.210. The van der Waals surface area contributed by atoms with Gasteiger partial charge in [-0.3, -0.25) is 14.5 Å². The second-order valence-corrected chi connectivity index (χ2v) is 8.62. The molecule has 5 heteroatoms. The second kappa shape index (κ2) is 6.52. The van der Waals surface area contributed by atoms with Gasteiger partial charge in [0.25, 0.3) is 11.1 Å². The van der Waals surface area contributed by atoms with Crippen LogP contribution in [-0.2, 0) is 4.79 Å². The molecule has 4 nitrogen and oxygen atoms in total. The van der Waals surface area contributed by atoms with Gasteiger partial charge < -0.3 is 4.90 Å². The van der Waals surface area contributed by atoms with Crippen LogP contribution in [0.3, 0.4) is 0 Å². The molecule has 1 unspecified atom stereocenters. The molecule has 2 aliphatic rings. The summed E-state index contributed by atoms with van der Waals surface area (Å²) in [5.41, 5.74) is 3.76. The first-order valence-electron chi connectivity index (χ1n) is 8.87. The number of fused-ring (bicyclic) bond motifs is 1. The Hall–Kier alpha value is -1.75. The van der Waals surface area contributed by atoms with Crippen LogP contribution in [0.5, 0.6) is 0 Å². The van der Waals surface area contributed by atoms with E-state index < -0.39 is 0 Å². The Bertz CT molecular complexity index is 754. The maximum absolute atomic E-state index is 12.1. The molecule has 1 aromatic carbocycles. The largest absolute Gasteiger partial charge is 0.366 e. The maximum Gasteiger partial charge on any atom is 0.293 e. The summed E-state index contributed by atoms with van der Waals surface area (Å²) in [6.07, 6.45) is 4.06. The molecule has 0 bridgehead atoms. The Balaban J connectivity index is 1.99. The van der Waals surface area contributed by atoms with Crippen LogP contribution in [0.2, 0.25) is 0 Å². The van der Waals surface area contributed by atoms with Crippen LogP contribution in [0.4, 0.5) is 10.5 Å². The molecule has 0 aromatic heterocycles. The summed E-state index contributed by atoms with van der Waals surface area (Å²) >= 11 is 1.01. The zero-order chi connectivity index (χ0) is 18.4. The van der Waals surface area contributed by atoms with Crippen molar-refractivity contribution >= 4 is 34.7 Å². The molecule has 2 amide bonds. The summed E-state index contributed by atoms with van der Waals surface area (Å²) in [7, 11) is 1.53. The maximum atomic E-state index is 12.1. The van der Waals surface area contributed by atoms with Crippen LogP contribution in [-0.4, -0.2) is 35.2 Å². The van der Waals surface area contributed by atoms with Gasteiger partial charge in [-0.1, -0.05) is 19.9 Å². The van der Waals surface area contributed by atoms with Crippen molar-refractivity contribution < 1.29 is 9.59 Å². The Labute approximate surface area is 154 Å². The number of carbonyl (C=O) groups excluding carboxylic acids is 2. The first-order chi connectivity index (χ1) is 11.7. The van der Waals surface area contributed by atoms with Crippen molar-refractivity contribution in [1.82, 2.24) is 4.90 Å². The normalized spacial score (nSPS) is 24.2. The lowest BCUT2D eigenvalue weighted by Crippen LogP contribution is -2.48. The highest BCUT2D eigenvalue weighted by atomic mass is 32.2. The molecule has 0 spiro atoms. The fourth-order valence-electron chi connectivity index (χ4n) is 3.94. The van der Waals surface area contributed by atoms with Crippen LogP contribution in [0.15, 0.2) is 23.1 Å². The quantitative estimate of drug-likeness (QED) is 0.724. The number of thioether (sulfide) groups is 1. The van der Waals surface area contributed by atoms with Gasteiger partial charge >= 0.3 is 0 Å². The number of imide groups is 1. The minimum absolute atomic E-state index is 0.148. The van der Waals surface area contributed by atoms with Crippen LogP contribution in [0.25, 0.3) is 6.08 Å². The predicted molar refractivity (Wildman–Crippen MR) is 105 cm³/mol. The number of carbonyl (C=O) groups is 2. The third-order valence-electron chi connectivity index (χ3n) is 5.14. The van der Waals surface area contributed by atoms with Gasteiger partial charge in [-0.05, 0) is 73.7 Å². The molecule has 0 aliphatic carbocycles. The van der Waals surface area contributed by atoms with E-state index in [-0.39, 0.29) is 16.7 Å². The number of amides is 2. The summed E-state index contributed by atoms with van der Waals surface area (Å²) in [5.74, 6) is 0.252. The molecule has 25 heavy (non-hydrogen) atoms. The van der Waals surface area contributed by atoms with Gasteiger partial charge in [0.1, 0.15) is 0 Å². The Morgan fingerprint density at radius 1 is 1.32 bits per heavy atom. The third kappa shape index (κ3) is 3.22. The molecule has 134 valence electrons. The summed E-state index contributed by atoms with van der Waals surface area (Å²) in [6.45, 7) is 10.2. The summed E-state index contributed by atoms with van der Waals surface area (Å²) in [6, 6.07) is 6.41. The van der Waals surface area contributed by atoms with Gasteiger partial charge in [0, 0.05) is 24.8 Å². The summed E-state index contributed by atoms with van der Waals surface area (Å²) < 4.78 is 0. The van der Waals surface area contributed by atoms with Gasteiger partial charge in [-0.15, -0.1) is 0 Å². The fraction of sp³-hybridized carbons (Fsp3) is 0.500. The average Bonchev–Trinajstić information content (AvgIpc) is 2.78. The van der Waals surface area contributed by atoms with E-state index in [9.17, 15) is 9.59 Å². The van der Waals surface area contributed by atoms with Crippen LogP contribution in [0, 0.1) is 0 Å². The average molecular weight is 359 g/mol. The van der Waals surface area contributed by atoms with Crippen molar-refractivity contribution in [2.75, 3.05) is 18.5 Å². The van der Waals surface area contributed by atoms with E-state index in [2.05, 4.69) is 50.8 Å². The lowest BCUT2D eigenvalue weighted by atomic mass is 9.79. The first-order valence-corrected chi connectivity index (χ1v) is 9.69. The molecule has 1 saturated heterocycles. The molecular weight excluding hydrogens is 332 g/mol. The second-order valence-electron chi connectivity index (χ2n) is 7.63. The van der Waals surface area contributed by atoms with E-state index in [1.165, 1.54) is 23.2 Å². The molecule has 0 N–H and O–H groups in total. The van der Waals surface area contributed by atoms with E-state index in [4.69, 9.17) is 0 Å². The lowest BCUT2D eigenvalue weighted by molar-refractivity contribution is -0.121. The molecule has 2 aliphatic heterocycles. The first kappa shape index (κ1) is 18.1. The number of likely N-dealkylation sites (N-methyl/N-ethyl adjacent to an activating group) is 1. The number of anilines is 1. The van der Waals surface area contributed by atoms with Gasteiger partial charge in [-0.2, -0.15) is 0 Å². The van der Waals surface area contributed by atoms with Gasteiger partial charge in [0.2, 0.25) is 0 Å². The zero-order valence-electron chi connectivity index (χ0n) is 15.6. The van der Waals surface area contributed by atoms with E-state index in [1.54, 1.807) is 0 Å². The van der Waals surface area contributed by atoms with Crippen molar-refractivity contribution in [2.24, 2.45) is 0 Å². The third-order valence-corrected chi connectivity index (χ3v) is 6.10. The summed E-state index contributed by atoms with van der Waals surface area (Å²) in [4.78, 5) is 28.0. The molecule has 2 heterocycles. The molecule has 0 radical (unpaired) electrons. The zero-order valence-corrected chi connectivity index (χ0v) is 16.4. The van der Waals surface area contributed by atoms with Crippen LogP contribution < -0.4 is 4.90 Å². The number of benzene rings is 1. The molecule has 1 atom stereocenters. The minimum atomic E-state index is -0.213. The number of nitrogens with zero attached hydrogens (tertiary/aromatic N) is 2. The van der Waals surface area contributed by atoms with Crippen molar-refractivity contribution in [3.05, 3.63) is 34.2 Å². The molecule has 1 fully saturated rings. The SMILES string of the molecule is CCCN1c2ccc(/C=C3\SC(=O)N(C)C3=O)cc2C(C)CC1(C)C. The highest BCUT2D eigenvalue weighted by Crippen LogP contribution is 2.44. The number of hydrogen-bond donors (Lipinski definition) is 0. The van der Waals surface area contributed by atoms with Crippen LogP contribution >= 0.6 is 11.8 Å². The van der Waals surface area contributed by atoms with Crippen molar-refractivity contribution in [1.29, 1.82) is 0 Å². The van der Waals surface area contributed by atoms with Crippen molar-refractivity contribution in [2.45, 2.75) is 52.0 Å². The standard InChI is InChI=1S/C20H26N2O2S/c1-6-9-22-16-8-7-14(10-15(16)13(2)12-20(22,3)4)11-17-18(23)21(5)19(24)25-17/h7-8,10-11,13H,6,9,12H2,1-5H3/b17-11-. The van der Waals surface area contributed by atoms with E-state index in [0.717, 1.165) is 36.7 Å². The monoisotopic (exact) mass is 358 g/mol. The topological polar surface area (TPSA) is 40.6 Å². The number of hydrogen-bond acceptors (Lipinski definition) is 4. The van der Waals surface area contributed by atoms with Gasteiger partial charge in [0.05, 0.1) is 4.91 Å². The van der Waals surface area contributed by atoms with Gasteiger partial charge in [0.15, 0.2) is 0 Å². The Morgan fingerprint density at radius 2 is 2.04 bits per heavy atom. The van der Waals surface area contributed by atoms with E-state index >= 15 is 0 Å². The number of rotatable bonds is 3. The smallest absolute Gasteiger partial charge is 0.293 e. The van der Waals surface area contributed by atoms with Crippen molar-refractivity contribution in [3.8, 4) is 0 Å². The van der Waals surface area contributed by atoms with E-state index in [1.807, 2.05) is 6.08 Å². The molecule has 3 rings (SSSR count). The molecule has 1 aromatic rings. The highest BCUT2D eigenvalue weighted by molar-refractivity contribution is 8.18. The fourth-order valence-corrected chi connectivity index (χ4v) is 4.77. The van der Waals surface area contributed by atoms with Crippen molar-refractivity contribution in [3.63, 3.8) is 0 Å².